The fraction of sp³-hybridized carbons (Fsp3) is 0.722. The highest BCUT2D eigenvalue weighted by Gasteiger charge is 2.60. The molecule has 0 aromatic heterocycles. The van der Waals surface area contributed by atoms with Crippen molar-refractivity contribution in [2.75, 3.05) is 6.61 Å². The largest absolute Gasteiger partial charge is 0.465 e. The van der Waals surface area contributed by atoms with Gasteiger partial charge in [-0.2, -0.15) is 0 Å². The van der Waals surface area contributed by atoms with Gasteiger partial charge in [0.25, 0.3) is 0 Å². The van der Waals surface area contributed by atoms with Crippen LogP contribution in [-0.4, -0.2) is 30.4 Å². The monoisotopic (exact) mass is 322 g/mol. The van der Waals surface area contributed by atoms with Crippen LogP contribution >= 0.6 is 0 Å². The van der Waals surface area contributed by atoms with E-state index in [0.717, 1.165) is 19.1 Å². The van der Waals surface area contributed by atoms with Crippen molar-refractivity contribution in [3.8, 4) is 0 Å². The molecular formula is C18H26O5. The molecule has 1 fully saturated rings. The van der Waals surface area contributed by atoms with Crippen molar-refractivity contribution in [1.82, 2.24) is 0 Å². The highest BCUT2D eigenvalue weighted by Crippen LogP contribution is 2.61. The van der Waals surface area contributed by atoms with Crippen LogP contribution in [0.1, 0.15) is 53.9 Å². The lowest BCUT2D eigenvalue weighted by Gasteiger charge is -2.34. The molecule has 5 heteroatoms. The van der Waals surface area contributed by atoms with Gasteiger partial charge in [0.15, 0.2) is 0 Å². The summed E-state index contributed by atoms with van der Waals surface area (Å²) in [6.07, 6.45) is 3.49. The molecule has 0 spiro atoms. The zero-order valence-electron chi connectivity index (χ0n) is 14.6. The van der Waals surface area contributed by atoms with Crippen molar-refractivity contribution in [1.29, 1.82) is 0 Å². The van der Waals surface area contributed by atoms with Gasteiger partial charge in [-0.3, -0.25) is 9.59 Å². The van der Waals surface area contributed by atoms with Gasteiger partial charge in [-0.05, 0) is 46.0 Å². The van der Waals surface area contributed by atoms with Crippen LogP contribution in [0.5, 0.6) is 0 Å². The maximum atomic E-state index is 11.6. The van der Waals surface area contributed by atoms with E-state index < -0.39 is 11.0 Å². The third kappa shape index (κ3) is 3.48. The normalized spacial score (nSPS) is 30.1. The zero-order valence-corrected chi connectivity index (χ0v) is 14.6. The number of esters is 2. The van der Waals surface area contributed by atoms with Crippen molar-refractivity contribution < 1.29 is 23.9 Å². The fourth-order valence-electron chi connectivity index (χ4n) is 3.96. The van der Waals surface area contributed by atoms with Crippen molar-refractivity contribution in [3.63, 3.8) is 0 Å². The highest BCUT2D eigenvalue weighted by atomic mass is 16.6. The summed E-state index contributed by atoms with van der Waals surface area (Å²) < 4.78 is 10.6. The molecule has 0 saturated heterocycles. The van der Waals surface area contributed by atoms with Gasteiger partial charge in [-0.1, -0.05) is 11.1 Å². The Morgan fingerprint density at radius 3 is 2.48 bits per heavy atom. The van der Waals surface area contributed by atoms with E-state index in [-0.39, 0.29) is 30.4 Å². The molecule has 2 rings (SSSR count). The molecule has 2 aliphatic rings. The number of hydrogen-bond acceptors (Lipinski definition) is 5. The second kappa shape index (κ2) is 6.10. The van der Waals surface area contributed by atoms with E-state index >= 15 is 0 Å². The second-order valence-electron chi connectivity index (χ2n) is 7.41. The van der Waals surface area contributed by atoms with Gasteiger partial charge in [0, 0.05) is 19.8 Å². The lowest BCUT2D eigenvalue weighted by Crippen LogP contribution is -2.37. The Hall–Kier alpha value is -1.65. The second-order valence-corrected chi connectivity index (χ2v) is 7.41. The van der Waals surface area contributed by atoms with E-state index in [9.17, 15) is 14.4 Å². The zero-order chi connectivity index (χ0) is 17.4. The molecule has 0 radical (unpaired) electrons. The predicted octanol–water partition coefficient (Wildman–Crippen LogP) is 2.82. The van der Waals surface area contributed by atoms with Crippen LogP contribution in [0.2, 0.25) is 0 Å². The van der Waals surface area contributed by atoms with Crippen LogP contribution in [0.15, 0.2) is 11.1 Å². The van der Waals surface area contributed by atoms with Gasteiger partial charge in [0.1, 0.15) is 18.5 Å². The van der Waals surface area contributed by atoms with Crippen molar-refractivity contribution >= 4 is 18.2 Å². The van der Waals surface area contributed by atoms with Gasteiger partial charge < -0.3 is 14.3 Å². The van der Waals surface area contributed by atoms with Gasteiger partial charge in [0.2, 0.25) is 0 Å². The van der Waals surface area contributed by atoms with E-state index in [0.29, 0.717) is 6.42 Å². The molecular weight excluding hydrogens is 296 g/mol. The molecule has 0 aromatic carbocycles. The Bertz CT molecular complexity index is 560. The average Bonchev–Trinajstić information content (AvgIpc) is 3.01. The first kappa shape index (κ1) is 17.7. The Kier molecular flexibility index (Phi) is 4.69. The van der Waals surface area contributed by atoms with Gasteiger partial charge in [-0.25, -0.2) is 0 Å². The lowest BCUT2D eigenvalue weighted by atomic mass is 9.81. The fourth-order valence-corrected chi connectivity index (χ4v) is 3.96. The summed E-state index contributed by atoms with van der Waals surface area (Å²) in [5.74, 6) is -0.473. The molecule has 128 valence electrons. The molecule has 0 aliphatic heterocycles. The molecule has 23 heavy (non-hydrogen) atoms. The van der Waals surface area contributed by atoms with E-state index in [4.69, 9.17) is 9.47 Å². The molecule has 1 unspecified atom stereocenters. The standard InChI is InChI=1S/C18H26O5/c1-11-6-7-14(17(4,5)23-13(3)21)16(11)15-8-18(15,9-19)10-22-12(2)20/h9,14-15H,6-8,10H2,1-5H3/t14-,15-,18?/m0/s1. The summed E-state index contributed by atoms with van der Waals surface area (Å²) in [5, 5.41) is 0. The quantitative estimate of drug-likeness (QED) is 0.427. The summed E-state index contributed by atoms with van der Waals surface area (Å²) in [7, 11) is 0. The van der Waals surface area contributed by atoms with Crippen LogP contribution in [0.4, 0.5) is 0 Å². The number of allylic oxidation sites excluding steroid dienone is 1. The van der Waals surface area contributed by atoms with Crippen LogP contribution in [-0.2, 0) is 23.9 Å². The Balaban J connectivity index is 2.20. The maximum absolute atomic E-state index is 11.6. The van der Waals surface area contributed by atoms with Crippen molar-refractivity contribution in [3.05, 3.63) is 11.1 Å². The van der Waals surface area contributed by atoms with E-state index in [1.807, 2.05) is 13.8 Å². The lowest BCUT2D eigenvalue weighted by molar-refractivity contribution is -0.157. The Labute approximate surface area is 137 Å². The van der Waals surface area contributed by atoms with Crippen molar-refractivity contribution in [2.45, 2.75) is 59.5 Å². The first-order valence-corrected chi connectivity index (χ1v) is 8.12. The molecule has 0 bridgehead atoms. The molecule has 0 N–H and O–H groups in total. The minimum absolute atomic E-state index is 0.0849. The van der Waals surface area contributed by atoms with E-state index in [1.54, 1.807) is 0 Å². The molecule has 0 heterocycles. The number of hydrogen-bond donors (Lipinski definition) is 0. The summed E-state index contributed by atoms with van der Waals surface area (Å²) in [5.41, 5.74) is 1.29. The number of ether oxygens (including phenoxy) is 2. The predicted molar refractivity (Wildman–Crippen MR) is 84.5 cm³/mol. The summed E-state index contributed by atoms with van der Waals surface area (Å²) in [4.78, 5) is 34.1. The molecule has 3 atom stereocenters. The molecule has 0 aromatic rings. The van der Waals surface area contributed by atoms with E-state index in [2.05, 4.69) is 6.92 Å². The first-order chi connectivity index (χ1) is 10.6. The number of aldehydes is 1. The smallest absolute Gasteiger partial charge is 0.303 e. The summed E-state index contributed by atoms with van der Waals surface area (Å²) in [6, 6.07) is 0. The van der Waals surface area contributed by atoms with E-state index in [1.165, 1.54) is 25.0 Å². The first-order valence-electron chi connectivity index (χ1n) is 8.12. The van der Waals surface area contributed by atoms with Crippen LogP contribution < -0.4 is 0 Å². The SMILES string of the molecule is CC(=O)OCC1(C=O)C[C@H]1C1=C(C)CC[C@@H]1C(C)(C)OC(C)=O. The maximum Gasteiger partial charge on any atom is 0.303 e. The molecule has 0 amide bonds. The number of carbonyl (C=O) groups excluding carboxylic acids is 3. The number of rotatable bonds is 6. The van der Waals surface area contributed by atoms with Crippen LogP contribution in [0.3, 0.4) is 0 Å². The molecule has 2 aliphatic carbocycles. The third-order valence-electron chi connectivity index (χ3n) is 5.19. The number of carbonyl (C=O) groups is 3. The van der Waals surface area contributed by atoms with Gasteiger partial charge >= 0.3 is 11.9 Å². The average molecular weight is 322 g/mol. The Morgan fingerprint density at radius 1 is 1.30 bits per heavy atom. The summed E-state index contributed by atoms with van der Waals surface area (Å²) >= 11 is 0. The highest BCUT2D eigenvalue weighted by molar-refractivity contribution is 5.70. The molecule has 1 saturated carbocycles. The summed E-state index contributed by atoms with van der Waals surface area (Å²) in [6.45, 7) is 8.83. The third-order valence-corrected chi connectivity index (χ3v) is 5.19. The minimum Gasteiger partial charge on any atom is -0.465 e. The van der Waals surface area contributed by atoms with Crippen molar-refractivity contribution in [2.24, 2.45) is 17.3 Å². The minimum atomic E-state index is -0.600. The van der Waals surface area contributed by atoms with Gasteiger partial charge in [0.05, 0.1) is 5.41 Å². The van der Waals surface area contributed by atoms with Gasteiger partial charge in [-0.15, -0.1) is 0 Å². The van der Waals surface area contributed by atoms with Crippen LogP contribution in [0, 0.1) is 17.3 Å². The van der Waals surface area contributed by atoms with Crippen LogP contribution in [0.25, 0.3) is 0 Å². The topological polar surface area (TPSA) is 69.7 Å². The molecule has 5 nitrogen and oxygen atoms in total. The Morgan fingerprint density at radius 2 is 1.96 bits per heavy atom.